The minimum absolute atomic E-state index is 0.0832. The highest BCUT2D eigenvalue weighted by Crippen LogP contribution is 2.29. The van der Waals surface area contributed by atoms with E-state index in [1.165, 1.54) is 0 Å². The molecule has 2 N–H and O–H groups in total. The Balaban J connectivity index is 1.55. The molecule has 3 rings (SSSR count). The molecule has 0 unspecified atom stereocenters. The molecule has 2 aromatic rings. The van der Waals surface area contributed by atoms with Crippen LogP contribution >= 0.6 is 11.6 Å². The van der Waals surface area contributed by atoms with E-state index in [2.05, 4.69) is 5.32 Å². The lowest BCUT2D eigenvalue weighted by Crippen LogP contribution is -2.38. The molecule has 1 heterocycles. The van der Waals surface area contributed by atoms with Gasteiger partial charge in [-0.3, -0.25) is 9.69 Å². The van der Waals surface area contributed by atoms with Crippen molar-refractivity contribution in [3.8, 4) is 11.5 Å². The second-order valence-corrected chi connectivity index (χ2v) is 6.46. The summed E-state index contributed by atoms with van der Waals surface area (Å²) in [5.74, 6) is 1.15. The maximum absolute atomic E-state index is 12.2. The Morgan fingerprint density at radius 3 is 2.72 bits per heavy atom. The van der Waals surface area contributed by atoms with E-state index < -0.39 is 0 Å². The first-order valence-corrected chi connectivity index (χ1v) is 8.70. The molecule has 132 valence electrons. The minimum Gasteiger partial charge on any atom is -0.456 e. The average Bonchev–Trinajstić information content (AvgIpc) is 3.05. The van der Waals surface area contributed by atoms with E-state index in [0.717, 1.165) is 19.4 Å². The number of benzene rings is 2. The van der Waals surface area contributed by atoms with Crippen molar-refractivity contribution in [3.63, 3.8) is 0 Å². The van der Waals surface area contributed by atoms with Gasteiger partial charge in [0.15, 0.2) is 0 Å². The summed E-state index contributed by atoms with van der Waals surface area (Å²) in [4.78, 5) is 14.2. The molecule has 0 aromatic heterocycles. The zero-order valence-corrected chi connectivity index (χ0v) is 14.6. The van der Waals surface area contributed by atoms with Gasteiger partial charge in [0, 0.05) is 11.7 Å². The maximum Gasteiger partial charge on any atom is 0.238 e. The number of likely N-dealkylation sites (tertiary alicyclic amines) is 1. The predicted octanol–water partition coefficient (Wildman–Crippen LogP) is 3.53. The number of carbonyl (C=O) groups is 1. The molecule has 25 heavy (non-hydrogen) atoms. The Morgan fingerprint density at radius 2 is 2.00 bits per heavy atom. The van der Waals surface area contributed by atoms with Crippen LogP contribution in [0, 0.1) is 0 Å². The fraction of sp³-hybridized carbons (Fsp3) is 0.316. The number of aliphatic hydroxyl groups excluding tert-OH is 1. The number of aliphatic hydroxyl groups is 1. The van der Waals surface area contributed by atoms with Crippen molar-refractivity contribution >= 4 is 23.2 Å². The summed E-state index contributed by atoms with van der Waals surface area (Å²) < 4.78 is 5.72. The molecule has 0 saturated carbocycles. The number of carbonyl (C=O) groups excluding carboxylic acids is 1. The molecule has 1 atom stereocenters. The maximum atomic E-state index is 12.2. The lowest BCUT2D eigenvalue weighted by atomic mass is 10.2. The largest absolute Gasteiger partial charge is 0.456 e. The van der Waals surface area contributed by atoms with Crippen LogP contribution in [-0.4, -0.2) is 41.7 Å². The van der Waals surface area contributed by atoms with Crippen LogP contribution in [0.1, 0.15) is 12.8 Å². The smallest absolute Gasteiger partial charge is 0.238 e. The van der Waals surface area contributed by atoms with Crippen LogP contribution in [-0.2, 0) is 4.79 Å². The fourth-order valence-electron chi connectivity index (χ4n) is 2.96. The Labute approximate surface area is 152 Å². The summed E-state index contributed by atoms with van der Waals surface area (Å²) in [7, 11) is 0. The highest BCUT2D eigenvalue weighted by atomic mass is 35.5. The zero-order valence-electron chi connectivity index (χ0n) is 13.8. The van der Waals surface area contributed by atoms with Crippen LogP contribution in [0.5, 0.6) is 11.5 Å². The zero-order chi connectivity index (χ0) is 17.6. The van der Waals surface area contributed by atoms with Crippen molar-refractivity contribution in [2.24, 2.45) is 0 Å². The van der Waals surface area contributed by atoms with Gasteiger partial charge in [-0.05, 0) is 55.8 Å². The normalized spacial score (nSPS) is 17.4. The van der Waals surface area contributed by atoms with Crippen LogP contribution in [0.2, 0.25) is 5.02 Å². The van der Waals surface area contributed by atoms with Crippen LogP contribution in [0.3, 0.4) is 0 Å². The molecule has 1 aliphatic rings. The highest BCUT2D eigenvalue weighted by molar-refractivity contribution is 6.32. The molecular formula is C19H21ClN2O3. The number of amides is 1. The molecule has 0 aliphatic carbocycles. The van der Waals surface area contributed by atoms with E-state index >= 15 is 0 Å². The number of rotatable bonds is 6. The number of ether oxygens (including phenoxy) is 1. The lowest BCUT2D eigenvalue weighted by Gasteiger charge is -2.21. The number of nitrogens with one attached hydrogen (secondary N) is 1. The third kappa shape index (κ3) is 4.72. The van der Waals surface area contributed by atoms with E-state index in [9.17, 15) is 9.90 Å². The molecule has 2 aromatic carbocycles. The molecule has 1 amide bonds. The molecule has 0 radical (unpaired) electrons. The summed E-state index contributed by atoms with van der Waals surface area (Å²) in [5, 5.41) is 12.7. The third-order valence-corrected chi connectivity index (χ3v) is 4.57. The second kappa shape index (κ2) is 8.34. The fourth-order valence-corrected chi connectivity index (χ4v) is 3.13. The summed E-state index contributed by atoms with van der Waals surface area (Å²) in [6, 6.07) is 14.5. The number of nitrogens with zero attached hydrogens (tertiary/aromatic N) is 1. The van der Waals surface area contributed by atoms with Gasteiger partial charge in [0.25, 0.3) is 0 Å². The summed E-state index contributed by atoms with van der Waals surface area (Å²) in [5.41, 5.74) is 0.705. The van der Waals surface area contributed by atoms with Crippen molar-refractivity contribution in [2.75, 3.05) is 25.0 Å². The molecule has 1 saturated heterocycles. The Morgan fingerprint density at radius 1 is 1.24 bits per heavy atom. The van der Waals surface area contributed by atoms with Gasteiger partial charge in [-0.2, -0.15) is 0 Å². The van der Waals surface area contributed by atoms with E-state index in [0.29, 0.717) is 28.8 Å². The van der Waals surface area contributed by atoms with Gasteiger partial charge in [-0.1, -0.05) is 23.7 Å². The topological polar surface area (TPSA) is 61.8 Å². The monoisotopic (exact) mass is 360 g/mol. The van der Waals surface area contributed by atoms with Gasteiger partial charge in [-0.15, -0.1) is 0 Å². The van der Waals surface area contributed by atoms with Gasteiger partial charge in [-0.25, -0.2) is 0 Å². The predicted molar refractivity (Wildman–Crippen MR) is 98.3 cm³/mol. The molecule has 1 fully saturated rings. The summed E-state index contributed by atoms with van der Waals surface area (Å²) >= 11 is 6.07. The number of para-hydroxylation sites is 1. The first-order valence-electron chi connectivity index (χ1n) is 8.33. The number of hydrogen-bond donors (Lipinski definition) is 2. The Kier molecular flexibility index (Phi) is 5.91. The number of hydrogen-bond acceptors (Lipinski definition) is 4. The molecular weight excluding hydrogens is 340 g/mol. The van der Waals surface area contributed by atoms with E-state index in [1.54, 1.807) is 36.4 Å². The molecule has 5 nitrogen and oxygen atoms in total. The van der Waals surface area contributed by atoms with Crippen LogP contribution < -0.4 is 10.1 Å². The first-order chi connectivity index (χ1) is 12.2. The van der Waals surface area contributed by atoms with Gasteiger partial charge in [0.1, 0.15) is 11.5 Å². The third-order valence-electron chi connectivity index (χ3n) is 4.26. The summed E-state index contributed by atoms with van der Waals surface area (Å²) in [6.45, 7) is 1.24. The number of halogens is 1. The quantitative estimate of drug-likeness (QED) is 0.827. The molecule has 0 bridgehead atoms. The highest BCUT2D eigenvalue weighted by Gasteiger charge is 2.25. The minimum atomic E-state index is -0.0832. The van der Waals surface area contributed by atoms with Crippen LogP contribution in [0.4, 0.5) is 5.69 Å². The van der Waals surface area contributed by atoms with E-state index in [4.69, 9.17) is 16.3 Å². The Bertz CT molecular complexity index is 721. The van der Waals surface area contributed by atoms with Crippen LogP contribution in [0.25, 0.3) is 0 Å². The second-order valence-electron chi connectivity index (χ2n) is 6.05. The van der Waals surface area contributed by atoms with Crippen LogP contribution in [0.15, 0.2) is 48.5 Å². The first kappa shape index (κ1) is 17.7. The van der Waals surface area contributed by atoms with Crippen molar-refractivity contribution in [2.45, 2.75) is 18.9 Å². The SMILES string of the molecule is O=C(CN1CCC[C@H]1CO)Nc1ccc(Oc2ccccc2Cl)cc1. The van der Waals surface area contributed by atoms with Crippen molar-refractivity contribution in [1.82, 2.24) is 4.90 Å². The molecule has 1 aliphatic heterocycles. The van der Waals surface area contributed by atoms with Crippen molar-refractivity contribution in [3.05, 3.63) is 53.6 Å². The van der Waals surface area contributed by atoms with Gasteiger partial charge >= 0.3 is 0 Å². The summed E-state index contributed by atoms with van der Waals surface area (Å²) in [6.07, 6.45) is 1.96. The lowest BCUT2D eigenvalue weighted by molar-refractivity contribution is -0.117. The van der Waals surface area contributed by atoms with E-state index in [-0.39, 0.29) is 18.6 Å². The van der Waals surface area contributed by atoms with Crippen molar-refractivity contribution in [1.29, 1.82) is 0 Å². The van der Waals surface area contributed by atoms with Gasteiger partial charge in [0.2, 0.25) is 5.91 Å². The molecule has 0 spiro atoms. The van der Waals surface area contributed by atoms with Gasteiger partial charge in [0.05, 0.1) is 18.2 Å². The van der Waals surface area contributed by atoms with E-state index in [1.807, 2.05) is 17.0 Å². The average molecular weight is 361 g/mol. The number of anilines is 1. The Hall–Kier alpha value is -2.08. The molecule has 6 heteroatoms. The van der Waals surface area contributed by atoms with Crippen molar-refractivity contribution < 1.29 is 14.6 Å². The van der Waals surface area contributed by atoms with Gasteiger partial charge < -0.3 is 15.2 Å². The standard InChI is InChI=1S/C19H21ClN2O3/c20-17-5-1-2-6-18(17)25-16-9-7-14(8-10-16)21-19(24)12-22-11-3-4-15(22)13-23/h1-2,5-10,15,23H,3-4,11-13H2,(H,21,24)/t15-/m0/s1.